The maximum atomic E-state index is 12.9. The Bertz CT molecular complexity index is 835. The van der Waals surface area contributed by atoms with Crippen molar-refractivity contribution in [1.29, 1.82) is 0 Å². The van der Waals surface area contributed by atoms with Crippen molar-refractivity contribution in [2.75, 3.05) is 5.84 Å². The summed E-state index contributed by atoms with van der Waals surface area (Å²) in [7, 11) is 0. The van der Waals surface area contributed by atoms with Gasteiger partial charge in [-0.25, -0.2) is 9.07 Å². The van der Waals surface area contributed by atoms with E-state index in [0.717, 1.165) is 0 Å². The van der Waals surface area contributed by atoms with Gasteiger partial charge in [-0.2, -0.15) is 4.98 Å². The second-order valence-electron chi connectivity index (χ2n) is 5.17. The molecule has 2 aromatic heterocycles. The Morgan fingerprint density at radius 3 is 2.76 bits per heavy atom. The number of thioether (sulfide) groups is 1. The highest BCUT2D eigenvalue weighted by molar-refractivity contribution is 7.99. The smallest absolute Gasteiger partial charge is 0.239 e. The molecule has 0 aliphatic carbocycles. The molecular formula is C15H17FN6O2S. The van der Waals surface area contributed by atoms with E-state index < -0.39 is 0 Å². The maximum Gasteiger partial charge on any atom is 0.239 e. The summed E-state index contributed by atoms with van der Waals surface area (Å²) in [4.78, 5) is 4.29. The number of rotatable bonds is 7. The van der Waals surface area contributed by atoms with E-state index in [1.165, 1.54) is 40.7 Å². The van der Waals surface area contributed by atoms with Crippen LogP contribution in [0.15, 0.2) is 33.9 Å². The normalized spacial score (nSPS) is 12.3. The number of hydrogen-bond acceptors (Lipinski definition) is 8. The molecule has 0 aliphatic rings. The van der Waals surface area contributed by atoms with E-state index in [9.17, 15) is 4.39 Å². The van der Waals surface area contributed by atoms with Crippen molar-refractivity contribution in [3.63, 3.8) is 0 Å². The Kier molecular flexibility index (Phi) is 5.17. The minimum absolute atomic E-state index is 0.116. The third-order valence-electron chi connectivity index (χ3n) is 3.35. The van der Waals surface area contributed by atoms with Gasteiger partial charge in [0.15, 0.2) is 11.6 Å². The van der Waals surface area contributed by atoms with Gasteiger partial charge in [-0.3, -0.25) is 0 Å². The first-order valence-electron chi connectivity index (χ1n) is 7.63. The van der Waals surface area contributed by atoms with E-state index in [0.29, 0.717) is 34.9 Å². The highest BCUT2D eigenvalue weighted by atomic mass is 32.2. The zero-order valence-electron chi connectivity index (χ0n) is 13.7. The third-order valence-corrected chi connectivity index (χ3v) is 4.39. The van der Waals surface area contributed by atoms with Gasteiger partial charge in [0.25, 0.3) is 0 Å². The number of aromatic nitrogens is 5. The topological polar surface area (TPSA) is 105 Å². The molecule has 3 aromatic rings. The highest BCUT2D eigenvalue weighted by Crippen LogP contribution is 2.32. The first-order valence-corrected chi connectivity index (χ1v) is 8.51. The van der Waals surface area contributed by atoms with Crippen molar-refractivity contribution >= 4 is 11.8 Å². The average molecular weight is 364 g/mol. The second kappa shape index (κ2) is 7.51. The summed E-state index contributed by atoms with van der Waals surface area (Å²) in [5.74, 6) is 7.82. The lowest BCUT2D eigenvalue weighted by Gasteiger charge is -2.07. The quantitative estimate of drug-likeness (QED) is 0.504. The van der Waals surface area contributed by atoms with Crippen molar-refractivity contribution in [3.05, 3.63) is 47.6 Å². The predicted octanol–water partition coefficient (Wildman–Crippen LogP) is 2.51. The molecule has 0 saturated carbocycles. The van der Waals surface area contributed by atoms with Crippen LogP contribution in [0.2, 0.25) is 0 Å². The standard InChI is InChI=1S/C15H17FN6O2S/c1-3-12-18-14(24-21-12)9(2)25-15-20-19-13(22(15)17)8-23-11-6-4-10(16)5-7-11/h4-7,9H,3,8,17H2,1-2H3. The van der Waals surface area contributed by atoms with E-state index in [2.05, 4.69) is 20.3 Å². The van der Waals surface area contributed by atoms with E-state index in [1.807, 2.05) is 13.8 Å². The van der Waals surface area contributed by atoms with Crippen LogP contribution < -0.4 is 10.6 Å². The molecule has 3 rings (SSSR count). The second-order valence-corrected chi connectivity index (χ2v) is 6.48. The van der Waals surface area contributed by atoms with Crippen molar-refractivity contribution in [2.45, 2.75) is 37.3 Å². The van der Waals surface area contributed by atoms with Gasteiger partial charge in [-0.1, -0.05) is 23.8 Å². The van der Waals surface area contributed by atoms with Crippen LogP contribution in [0.5, 0.6) is 5.75 Å². The van der Waals surface area contributed by atoms with Crippen LogP contribution in [0.1, 0.15) is 36.6 Å². The van der Waals surface area contributed by atoms with Gasteiger partial charge >= 0.3 is 0 Å². The number of nitrogen functional groups attached to an aromatic ring is 1. The summed E-state index contributed by atoms with van der Waals surface area (Å²) in [6.45, 7) is 3.99. The first kappa shape index (κ1) is 17.2. The van der Waals surface area contributed by atoms with Crippen LogP contribution in [-0.4, -0.2) is 25.0 Å². The molecule has 1 aromatic carbocycles. The highest BCUT2D eigenvalue weighted by Gasteiger charge is 2.19. The Labute approximate surface area is 147 Å². The molecular weight excluding hydrogens is 347 g/mol. The van der Waals surface area contributed by atoms with E-state index in [1.54, 1.807) is 0 Å². The summed E-state index contributed by atoms with van der Waals surface area (Å²) in [5.41, 5.74) is 0. The van der Waals surface area contributed by atoms with Crippen LogP contribution in [0, 0.1) is 5.82 Å². The summed E-state index contributed by atoms with van der Waals surface area (Å²) < 4.78 is 25.0. The summed E-state index contributed by atoms with van der Waals surface area (Å²) in [6.07, 6.45) is 0.707. The monoisotopic (exact) mass is 364 g/mol. The lowest BCUT2D eigenvalue weighted by atomic mass is 10.3. The van der Waals surface area contributed by atoms with Crippen LogP contribution in [0.25, 0.3) is 0 Å². The summed E-state index contributed by atoms with van der Waals surface area (Å²) in [6, 6.07) is 5.71. The van der Waals surface area contributed by atoms with Crippen molar-refractivity contribution in [2.24, 2.45) is 0 Å². The Morgan fingerprint density at radius 1 is 1.32 bits per heavy atom. The van der Waals surface area contributed by atoms with Crippen LogP contribution >= 0.6 is 11.8 Å². The van der Waals surface area contributed by atoms with Crippen molar-refractivity contribution in [3.8, 4) is 5.75 Å². The minimum atomic E-state index is -0.325. The number of halogens is 1. The zero-order chi connectivity index (χ0) is 17.8. The number of nitrogens with zero attached hydrogens (tertiary/aromatic N) is 5. The lowest BCUT2D eigenvalue weighted by Crippen LogP contribution is -2.16. The molecule has 0 saturated heterocycles. The van der Waals surface area contributed by atoms with Crippen LogP contribution in [0.4, 0.5) is 4.39 Å². The molecule has 0 radical (unpaired) electrons. The maximum absolute atomic E-state index is 12.9. The fraction of sp³-hybridized carbons (Fsp3) is 0.333. The molecule has 0 fully saturated rings. The van der Waals surface area contributed by atoms with Gasteiger partial charge in [-0.15, -0.1) is 10.2 Å². The van der Waals surface area contributed by atoms with Crippen molar-refractivity contribution < 1.29 is 13.7 Å². The van der Waals surface area contributed by atoms with Crippen molar-refractivity contribution in [1.82, 2.24) is 25.0 Å². The molecule has 2 heterocycles. The summed E-state index contributed by atoms with van der Waals surface area (Å²) >= 11 is 1.35. The molecule has 0 bridgehead atoms. The van der Waals surface area contributed by atoms with Crippen LogP contribution in [-0.2, 0) is 13.0 Å². The first-order chi connectivity index (χ1) is 12.1. The average Bonchev–Trinajstić information content (AvgIpc) is 3.22. The molecule has 1 atom stereocenters. The molecule has 0 spiro atoms. The molecule has 2 N–H and O–H groups in total. The lowest BCUT2D eigenvalue weighted by molar-refractivity contribution is 0.291. The Morgan fingerprint density at radius 2 is 2.08 bits per heavy atom. The number of hydrogen-bond donors (Lipinski definition) is 1. The molecule has 1 unspecified atom stereocenters. The summed E-state index contributed by atoms with van der Waals surface area (Å²) in [5, 5.41) is 12.3. The van der Waals surface area contributed by atoms with Gasteiger partial charge in [0.1, 0.15) is 18.2 Å². The third kappa shape index (κ3) is 4.08. The SMILES string of the molecule is CCc1noc(C(C)Sc2nnc(COc3ccc(F)cc3)n2N)n1. The number of aryl methyl sites for hydroxylation is 1. The molecule has 8 nitrogen and oxygen atoms in total. The van der Waals surface area contributed by atoms with Gasteiger partial charge < -0.3 is 15.1 Å². The van der Waals surface area contributed by atoms with Gasteiger partial charge in [0.05, 0.1) is 5.25 Å². The fourth-order valence-electron chi connectivity index (χ4n) is 1.95. The molecule has 132 valence electrons. The number of ether oxygens (including phenoxy) is 1. The number of benzene rings is 1. The van der Waals surface area contributed by atoms with E-state index in [4.69, 9.17) is 15.1 Å². The Hall–Kier alpha value is -2.62. The Balaban J connectivity index is 1.63. The van der Waals surface area contributed by atoms with Gasteiger partial charge in [-0.05, 0) is 31.2 Å². The number of nitrogens with two attached hydrogens (primary N) is 1. The zero-order valence-corrected chi connectivity index (χ0v) is 14.5. The fourth-order valence-corrected chi connectivity index (χ4v) is 2.77. The van der Waals surface area contributed by atoms with Gasteiger partial charge in [0, 0.05) is 6.42 Å². The largest absolute Gasteiger partial charge is 0.486 e. The molecule has 0 amide bonds. The molecule has 25 heavy (non-hydrogen) atoms. The molecule has 10 heteroatoms. The van der Waals surface area contributed by atoms with Crippen LogP contribution in [0.3, 0.4) is 0 Å². The van der Waals surface area contributed by atoms with Gasteiger partial charge in [0.2, 0.25) is 11.0 Å². The minimum Gasteiger partial charge on any atom is -0.486 e. The molecule has 0 aliphatic heterocycles. The van der Waals surface area contributed by atoms with E-state index in [-0.39, 0.29) is 17.7 Å². The predicted molar refractivity (Wildman–Crippen MR) is 88.9 cm³/mol. The van der Waals surface area contributed by atoms with E-state index >= 15 is 0 Å².